The lowest BCUT2D eigenvalue weighted by atomic mass is 10.1. The van der Waals surface area contributed by atoms with Gasteiger partial charge in [0.25, 0.3) is 0 Å². The summed E-state index contributed by atoms with van der Waals surface area (Å²) in [5, 5.41) is 0. The fraction of sp³-hybridized carbons (Fsp3) is 0.227. The summed E-state index contributed by atoms with van der Waals surface area (Å²) in [5.41, 5.74) is 16.2. The zero-order valence-electron chi connectivity index (χ0n) is 16.6. The maximum atomic E-state index is 5.84. The van der Waals surface area contributed by atoms with Gasteiger partial charge in [-0.3, -0.25) is 0 Å². The predicted octanol–water partition coefficient (Wildman–Crippen LogP) is 3.61. The van der Waals surface area contributed by atoms with E-state index in [-0.39, 0.29) is 0 Å². The summed E-state index contributed by atoms with van der Waals surface area (Å²) in [7, 11) is 0. The lowest BCUT2D eigenvalue weighted by molar-refractivity contribution is 0.340. The Labute approximate surface area is 169 Å². The molecule has 0 bridgehead atoms. The summed E-state index contributed by atoms with van der Waals surface area (Å²) in [4.78, 5) is 13.5. The third-order valence-electron chi connectivity index (χ3n) is 4.78. The number of pyridine rings is 2. The monoisotopic (exact) mass is 388 g/mol. The molecular formula is C22H24N6O. The quantitative estimate of drug-likeness (QED) is 0.523. The van der Waals surface area contributed by atoms with Gasteiger partial charge in [-0.05, 0) is 62.2 Å². The molecule has 0 atom stereocenters. The molecule has 1 aromatic carbocycles. The molecule has 3 heterocycles. The van der Waals surface area contributed by atoms with Crippen molar-refractivity contribution in [3.63, 3.8) is 0 Å². The van der Waals surface area contributed by atoms with Crippen molar-refractivity contribution in [3.8, 4) is 17.0 Å². The number of imidazole rings is 1. The number of fused-ring (bicyclic) bond motifs is 1. The highest BCUT2D eigenvalue weighted by Gasteiger charge is 2.12. The fourth-order valence-electron chi connectivity index (χ4n) is 3.46. The molecule has 0 radical (unpaired) electrons. The molecule has 148 valence electrons. The molecule has 0 fully saturated rings. The highest BCUT2D eigenvalue weighted by molar-refractivity contribution is 5.77. The number of nitrogen functional groups attached to an aromatic ring is 2. The van der Waals surface area contributed by atoms with Gasteiger partial charge in [-0.15, -0.1) is 0 Å². The van der Waals surface area contributed by atoms with Crippen LogP contribution in [-0.2, 0) is 13.0 Å². The number of rotatable bonds is 6. The second kappa shape index (κ2) is 7.79. The molecule has 4 N–H and O–H groups in total. The van der Waals surface area contributed by atoms with E-state index >= 15 is 0 Å². The van der Waals surface area contributed by atoms with Crippen molar-refractivity contribution in [2.24, 2.45) is 0 Å². The van der Waals surface area contributed by atoms with Crippen molar-refractivity contribution in [2.45, 2.75) is 26.8 Å². The minimum Gasteiger partial charge on any atom is -0.494 e. The topological polar surface area (TPSA) is 105 Å². The third-order valence-corrected chi connectivity index (χ3v) is 4.78. The zero-order valence-corrected chi connectivity index (χ0v) is 16.6. The number of benzene rings is 1. The first kappa shape index (κ1) is 18.7. The Bertz CT molecular complexity index is 1150. The van der Waals surface area contributed by atoms with Gasteiger partial charge in [0, 0.05) is 12.1 Å². The average molecular weight is 388 g/mol. The van der Waals surface area contributed by atoms with Crippen LogP contribution >= 0.6 is 0 Å². The molecule has 0 aliphatic heterocycles. The van der Waals surface area contributed by atoms with Crippen LogP contribution in [0.1, 0.15) is 18.3 Å². The summed E-state index contributed by atoms with van der Waals surface area (Å²) < 4.78 is 7.74. The molecule has 0 saturated heterocycles. The summed E-state index contributed by atoms with van der Waals surface area (Å²) in [6, 6.07) is 15.6. The molecule has 4 rings (SSSR count). The largest absolute Gasteiger partial charge is 0.494 e. The fourth-order valence-corrected chi connectivity index (χ4v) is 3.46. The molecule has 4 aromatic rings. The third kappa shape index (κ3) is 3.99. The van der Waals surface area contributed by atoms with E-state index in [2.05, 4.69) is 26.7 Å². The van der Waals surface area contributed by atoms with Crippen LogP contribution in [0.3, 0.4) is 0 Å². The summed E-state index contributed by atoms with van der Waals surface area (Å²) >= 11 is 0. The Balaban J connectivity index is 1.65. The number of hydrogen-bond donors (Lipinski definition) is 2. The van der Waals surface area contributed by atoms with Crippen molar-refractivity contribution in [2.75, 3.05) is 18.1 Å². The van der Waals surface area contributed by atoms with Crippen molar-refractivity contribution in [1.82, 2.24) is 19.5 Å². The van der Waals surface area contributed by atoms with Crippen LogP contribution in [-0.4, -0.2) is 26.1 Å². The lowest BCUT2D eigenvalue weighted by Crippen LogP contribution is -2.05. The lowest BCUT2D eigenvalue weighted by Gasteiger charge is -2.09. The second-order valence-electron chi connectivity index (χ2n) is 6.89. The SMILES string of the molecule is CCOc1cccc(CCn2c(C)nc3ccc(-c4cc(N)nc(N)c4)nc32)c1. The van der Waals surface area contributed by atoms with Gasteiger partial charge >= 0.3 is 0 Å². The summed E-state index contributed by atoms with van der Waals surface area (Å²) in [6.45, 7) is 5.42. The first-order chi connectivity index (χ1) is 14.0. The highest BCUT2D eigenvalue weighted by Crippen LogP contribution is 2.24. The van der Waals surface area contributed by atoms with Gasteiger partial charge in [0.15, 0.2) is 5.65 Å². The number of aryl methyl sites for hydroxylation is 3. The zero-order chi connectivity index (χ0) is 20.4. The highest BCUT2D eigenvalue weighted by atomic mass is 16.5. The van der Waals surface area contributed by atoms with Crippen LogP contribution in [0.25, 0.3) is 22.4 Å². The van der Waals surface area contributed by atoms with Crippen LogP contribution in [0.2, 0.25) is 0 Å². The van der Waals surface area contributed by atoms with Gasteiger partial charge in [-0.25, -0.2) is 15.0 Å². The van der Waals surface area contributed by atoms with E-state index < -0.39 is 0 Å². The molecule has 0 aliphatic carbocycles. The Hall–Kier alpha value is -3.61. The first-order valence-corrected chi connectivity index (χ1v) is 9.62. The predicted molar refractivity (Wildman–Crippen MR) is 116 cm³/mol. The molecule has 29 heavy (non-hydrogen) atoms. The van der Waals surface area contributed by atoms with E-state index in [0.29, 0.717) is 18.2 Å². The van der Waals surface area contributed by atoms with Crippen LogP contribution in [0.15, 0.2) is 48.5 Å². The number of hydrogen-bond acceptors (Lipinski definition) is 6. The Kier molecular flexibility index (Phi) is 5.03. The Morgan fingerprint density at radius 1 is 0.966 bits per heavy atom. The summed E-state index contributed by atoms with van der Waals surface area (Å²) in [6.07, 6.45) is 0.855. The van der Waals surface area contributed by atoms with E-state index in [1.807, 2.05) is 38.1 Å². The average Bonchev–Trinajstić information content (AvgIpc) is 3.00. The smallest absolute Gasteiger partial charge is 0.160 e. The van der Waals surface area contributed by atoms with Gasteiger partial charge in [0.05, 0.1) is 12.3 Å². The molecule has 0 amide bonds. The second-order valence-corrected chi connectivity index (χ2v) is 6.89. The van der Waals surface area contributed by atoms with E-state index in [4.69, 9.17) is 21.2 Å². The Morgan fingerprint density at radius 2 is 1.76 bits per heavy atom. The maximum absolute atomic E-state index is 5.84. The number of anilines is 2. The standard InChI is InChI=1S/C22H24N6O/c1-3-29-17-6-4-5-15(11-17)9-10-28-14(2)25-19-8-7-18(26-22(19)28)16-12-20(23)27-21(24)13-16/h4-8,11-13H,3,9-10H2,1-2H3,(H4,23,24,27). The van der Waals surface area contributed by atoms with Crippen molar-refractivity contribution < 1.29 is 4.74 Å². The van der Waals surface area contributed by atoms with Crippen molar-refractivity contribution >= 4 is 22.8 Å². The van der Waals surface area contributed by atoms with Crippen molar-refractivity contribution in [1.29, 1.82) is 0 Å². The Morgan fingerprint density at radius 3 is 2.52 bits per heavy atom. The van der Waals surface area contributed by atoms with Gasteiger partial charge in [-0.1, -0.05) is 12.1 Å². The number of nitrogens with two attached hydrogens (primary N) is 2. The number of aromatic nitrogens is 4. The first-order valence-electron chi connectivity index (χ1n) is 9.62. The number of nitrogens with zero attached hydrogens (tertiary/aromatic N) is 4. The van der Waals surface area contributed by atoms with E-state index in [1.165, 1.54) is 5.56 Å². The molecule has 0 unspecified atom stereocenters. The molecule has 7 heteroatoms. The number of ether oxygens (including phenoxy) is 1. The van der Waals surface area contributed by atoms with Gasteiger partial charge in [0.1, 0.15) is 28.7 Å². The minimum atomic E-state index is 0.376. The molecule has 0 aliphatic rings. The van der Waals surface area contributed by atoms with E-state index in [1.54, 1.807) is 12.1 Å². The van der Waals surface area contributed by atoms with E-state index in [0.717, 1.165) is 47.0 Å². The molecule has 0 saturated carbocycles. The molecule has 0 spiro atoms. The summed E-state index contributed by atoms with van der Waals surface area (Å²) in [5.74, 6) is 2.58. The van der Waals surface area contributed by atoms with Gasteiger partial charge in [0.2, 0.25) is 0 Å². The maximum Gasteiger partial charge on any atom is 0.160 e. The normalized spacial score (nSPS) is 11.1. The molecule has 3 aromatic heterocycles. The van der Waals surface area contributed by atoms with Gasteiger partial charge in [-0.2, -0.15) is 0 Å². The molecular weight excluding hydrogens is 364 g/mol. The van der Waals surface area contributed by atoms with Crippen LogP contribution < -0.4 is 16.2 Å². The van der Waals surface area contributed by atoms with Crippen molar-refractivity contribution in [3.05, 3.63) is 59.9 Å². The van der Waals surface area contributed by atoms with Crippen LogP contribution in [0.4, 0.5) is 11.6 Å². The van der Waals surface area contributed by atoms with Gasteiger partial charge < -0.3 is 20.8 Å². The van der Waals surface area contributed by atoms with Crippen LogP contribution in [0.5, 0.6) is 5.75 Å². The van der Waals surface area contributed by atoms with Crippen LogP contribution in [0, 0.1) is 6.92 Å². The van der Waals surface area contributed by atoms with E-state index in [9.17, 15) is 0 Å². The minimum absolute atomic E-state index is 0.376. The molecule has 7 nitrogen and oxygen atoms in total.